The number of hydrogen-bond acceptors (Lipinski definition) is 4. The topological polar surface area (TPSA) is 71.4 Å². The van der Waals surface area contributed by atoms with E-state index in [9.17, 15) is 10.1 Å². The molecular formula is C15H19N3O3. The van der Waals surface area contributed by atoms with E-state index < -0.39 is 0 Å². The van der Waals surface area contributed by atoms with Crippen LogP contribution in [0.3, 0.4) is 0 Å². The molecule has 0 unspecified atom stereocenters. The van der Waals surface area contributed by atoms with Crippen molar-refractivity contribution in [2.24, 2.45) is 0 Å². The number of aryl methyl sites for hydroxylation is 1. The Balaban J connectivity index is 1.65. The number of nitrogens with one attached hydrogen (secondary N) is 1. The molecule has 2 heterocycles. The van der Waals surface area contributed by atoms with Crippen LogP contribution in [0.5, 0.6) is 0 Å². The van der Waals surface area contributed by atoms with Crippen molar-refractivity contribution in [3.8, 4) is 0 Å². The number of morpholine rings is 1. The largest absolute Gasteiger partial charge is 0.379 e. The minimum atomic E-state index is -0.343. The predicted molar refractivity (Wildman–Crippen MR) is 80.5 cm³/mol. The van der Waals surface area contributed by atoms with Crippen LogP contribution in [0.2, 0.25) is 0 Å². The van der Waals surface area contributed by atoms with Crippen molar-refractivity contribution in [2.45, 2.75) is 12.8 Å². The summed E-state index contributed by atoms with van der Waals surface area (Å²) in [5.74, 6) is 0. The highest BCUT2D eigenvalue weighted by Gasteiger charge is 2.12. The first-order valence-electron chi connectivity index (χ1n) is 7.28. The molecule has 0 amide bonds. The molecule has 1 saturated heterocycles. The van der Waals surface area contributed by atoms with E-state index in [1.165, 1.54) is 6.07 Å². The van der Waals surface area contributed by atoms with Crippen LogP contribution in [0.4, 0.5) is 5.69 Å². The van der Waals surface area contributed by atoms with Gasteiger partial charge in [0.2, 0.25) is 0 Å². The molecular weight excluding hydrogens is 270 g/mol. The number of non-ortho nitro benzene ring substituents is 1. The number of ether oxygens (including phenoxy) is 1. The molecule has 0 saturated carbocycles. The molecule has 112 valence electrons. The normalized spacial score (nSPS) is 16.4. The van der Waals surface area contributed by atoms with Gasteiger partial charge in [0.15, 0.2) is 0 Å². The highest BCUT2D eigenvalue weighted by atomic mass is 16.6. The number of nitro groups is 1. The lowest BCUT2D eigenvalue weighted by Gasteiger charge is -2.26. The monoisotopic (exact) mass is 289 g/mol. The van der Waals surface area contributed by atoms with E-state index in [0.29, 0.717) is 0 Å². The fraction of sp³-hybridized carbons (Fsp3) is 0.467. The Kier molecular flexibility index (Phi) is 4.17. The van der Waals surface area contributed by atoms with Gasteiger partial charge >= 0.3 is 0 Å². The minimum absolute atomic E-state index is 0.150. The lowest BCUT2D eigenvalue weighted by molar-refractivity contribution is -0.384. The third-order valence-electron chi connectivity index (χ3n) is 3.99. The average Bonchev–Trinajstić information content (AvgIpc) is 2.91. The molecule has 1 fully saturated rings. The SMILES string of the molecule is O=[N+]([O-])c1ccc2[nH]cc(CCCN3CCOCC3)c2c1. The molecule has 0 radical (unpaired) electrons. The highest BCUT2D eigenvalue weighted by Crippen LogP contribution is 2.24. The Labute approximate surface area is 122 Å². The number of aromatic amines is 1. The van der Waals surface area contributed by atoms with Gasteiger partial charge in [0, 0.05) is 42.3 Å². The first-order valence-corrected chi connectivity index (χ1v) is 7.28. The van der Waals surface area contributed by atoms with E-state index >= 15 is 0 Å². The molecule has 2 aromatic rings. The predicted octanol–water partition coefficient (Wildman–Crippen LogP) is 2.34. The van der Waals surface area contributed by atoms with Crippen molar-refractivity contribution in [3.05, 3.63) is 40.1 Å². The van der Waals surface area contributed by atoms with E-state index in [4.69, 9.17) is 4.74 Å². The fourth-order valence-electron chi connectivity index (χ4n) is 2.80. The molecule has 21 heavy (non-hydrogen) atoms. The van der Waals surface area contributed by atoms with Gasteiger partial charge in [-0.25, -0.2) is 0 Å². The summed E-state index contributed by atoms with van der Waals surface area (Å²) in [6, 6.07) is 4.98. The van der Waals surface area contributed by atoms with Crippen LogP contribution in [0, 0.1) is 10.1 Å². The smallest absolute Gasteiger partial charge is 0.270 e. The quantitative estimate of drug-likeness (QED) is 0.677. The Morgan fingerprint density at radius 1 is 1.33 bits per heavy atom. The van der Waals surface area contributed by atoms with Crippen LogP contribution >= 0.6 is 0 Å². The molecule has 0 spiro atoms. The van der Waals surface area contributed by atoms with Crippen molar-refractivity contribution < 1.29 is 9.66 Å². The van der Waals surface area contributed by atoms with E-state index in [1.807, 2.05) is 6.20 Å². The first-order chi connectivity index (χ1) is 10.2. The number of benzene rings is 1. The summed E-state index contributed by atoms with van der Waals surface area (Å²) < 4.78 is 5.33. The summed E-state index contributed by atoms with van der Waals surface area (Å²) in [6.07, 6.45) is 3.95. The molecule has 6 heteroatoms. The Morgan fingerprint density at radius 2 is 2.14 bits per heavy atom. The second kappa shape index (κ2) is 6.24. The Hall–Kier alpha value is -1.92. The molecule has 3 rings (SSSR count). The van der Waals surface area contributed by atoms with Gasteiger partial charge in [-0.05, 0) is 31.0 Å². The van der Waals surface area contributed by atoms with Crippen LogP contribution in [0.25, 0.3) is 10.9 Å². The lowest BCUT2D eigenvalue weighted by atomic mass is 10.1. The average molecular weight is 289 g/mol. The first kappa shape index (κ1) is 14.0. The molecule has 1 N–H and O–H groups in total. The van der Waals surface area contributed by atoms with E-state index in [0.717, 1.165) is 62.2 Å². The molecule has 1 aromatic heterocycles. The van der Waals surface area contributed by atoms with Crippen LogP contribution in [-0.4, -0.2) is 47.7 Å². The zero-order chi connectivity index (χ0) is 14.7. The molecule has 6 nitrogen and oxygen atoms in total. The fourth-order valence-corrected chi connectivity index (χ4v) is 2.80. The number of aromatic nitrogens is 1. The van der Waals surface area contributed by atoms with Gasteiger partial charge in [-0.1, -0.05) is 0 Å². The maximum Gasteiger partial charge on any atom is 0.270 e. The molecule has 1 aliphatic heterocycles. The zero-order valence-electron chi connectivity index (χ0n) is 11.9. The minimum Gasteiger partial charge on any atom is -0.379 e. The van der Waals surface area contributed by atoms with Gasteiger partial charge in [0.05, 0.1) is 18.1 Å². The van der Waals surface area contributed by atoms with Crippen molar-refractivity contribution in [2.75, 3.05) is 32.8 Å². The van der Waals surface area contributed by atoms with Crippen LogP contribution < -0.4 is 0 Å². The van der Waals surface area contributed by atoms with Gasteiger partial charge in [-0.2, -0.15) is 0 Å². The maximum absolute atomic E-state index is 10.9. The van der Waals surface area contributed by atoms with Crippen LogP contribution in [-0.2, 0) is 11.2 Å². The standard InChI is InChI=1S/C15H19N3O3/c19-18(20)13-3-4-15-14(10-13)12(11-16-15)2-1-5-17-6-8-21-9-7-17/h3-4,10-11,16H,1-2,5-9H2. The van der Waals surface area contributed by atoms with E-state index in [-0.39, 0.29) is 10.6 Å². The Bertz CT molecular complexity index is 632. The second-order valence-electron chi connectivity index (χ2n) is 5.36. The Morgan fingerprint density at radius 3 is 2.90 bits per heavy atom. The van der Waals surface area contributed by atoms with Crippen molar-refractivity contribution in [1.82, 2.24) is 9.88 Å². The van der Waals surface area contributed by atoms with Gasteiger partial charge in [-0.3, -0.25) is 15.0 Å². The third-order valence-corrected chi connectivity index (χ3v) is 3.99. The summed E-state index contributed by atoms with van der Waals surface area (Å²) >= 11 is 0. The summed E-state index contributed by atoms with van der Waals surface area (Å²) in [6.45, 7) is 4.68. The number of nitro benzene ring substituents is 1. The number of hydrogen-bond donors (Lipinski definition) is 1. The molecule has 0 aliphatic carbocycles. The summed E-state index contributed by atoms with van der Waals surface area (Å²) in [5, 5.41) is 11.8. The molecule has 1 aliphatic rings. The summed E-state index contributed by atoms with van der Waals surface area (Å²) in [7, 11) is 0. The molecule has 0 atom stereocenters. The van der Waals surface area contributed by atoms with E-state index in [2.05, 4.69) is 9.88 Å². The van der Waals surface area contributed by atoms with Crippen molar-refractivity contribution in [3.63, 3.8) is 0 Å². The number of fused-ring (bicyclic) bond motifs is 1. The second-order valence-corrected chi connectivity index (χ2v) is 5.36. The van der Waals surface area contributed by atoms with Crippen molar-refractivity contribution >= 4 is 16.6 Å². The lowest BCUT2D eigenvalue weighted by Crippen LogP contribution is -2.36. The van der Waals surface area contributed by atoms with Crippen LogP contribution in [0.1, 0.15) is 12.0 Å². The van der Waals surface area contributed by atoms with E-state index in [1.54, 1.807) is 12.1 Å². The molecule has 1 aromatic carbocycles. The zero-order valence-corrected chi connectivity index (χ0v) is 11.9. The third kappa shape index (κ3) is 3.22. The van der Waals surface area contributed by atoms with Crippen LogP contribution in [0.15, 0.2) is 24.4 Å². The highest BCUT2D eigenvalue weighted by molar-refractivity contribution is 5.85. The summed E-state index contributed by atoms with van der Waals surface area (Å²) in [5.41, 5.74) is 2.26. The number of nitrogens with zero attached hydrogens (tertiary/aromatic N) is 2. The summed E-state index contributed by atoms with van der Waals surface area (Å²) in [4.78, 5) is 16.1. The van der Waals surface area contributed by atoms with Crippen molar-refractivity contribution in [1.29, 1.82) is 0 Å². The van der Waals surface area contributed by atoms with Gasteiger partial charge in [0.1, 0.15) is 0 Å². The van der Waals surface area contributed by atoms with Gasteiger partial charge in [-0.15, -0.1) is 0 Å². The molecule has 0 bridgehead atoms. The number of H-pyrrole nitrogens is 1. The van der Waals surface area contributed by atoms with Gasteiger partial charge < -0.3 is 9.72 Å². The maximum atomic E-state index is 10.9. The number of rotatable bonds is 5. The van der Waals surface area contributed by atoms with Gasteiger partial charge in [0.25, 0.3) is 5.69 Å².